The lowest BCUT2D eigenvalue weighted by Gasteiger charge is -2.08. The minimum atomic E-state index is -0.335. The quantitative estimate of drug-likeness (QED) is 0.575. The second kappa shape index (κ2) is 5.68. The molecule has 2 aromatic rings. The Kier molecular flexibility index (Phi) is 3.98. The number of aromatic nitrogens is 2. The van der Waals surface area contributed by atoms with Gasteiger partial charge in [-0.25, -0.2) is 0 Å². The van der Waals surface area contributed by atoms with Gasteiger partial charge in [0.25, 0.3) is 5.91 Å². The van der Waals surface area contributed by atoms with Crippen LogP contribution in [0.25, 0.3) is 0 Å². The molecular formula is C11H12ClN5O2. The minimum absolute atomic E-state index is 0.159. The highest BCUT2D eigenvalue weighted by molar-refractivity contribution is 6.31. The zero-order valence-corrected chi connectivity index (χ0v) is 10.9. The summed E-state index contributed by atoms with van der Waals surface area (Å²) in [6.45, 7) is 1.83. The number of halogens is 1. The van der Waals surface area contributed by atoms with Gasteiger partial charge in [-0.05, 0) is 18.2 Å². The molecule has 0 atom stereocenters. The average molecular weight is 282 g/mol. The van der Waals surface area contributed by atoms with Crippen LogP contribution in [0.15, 0.2) is 22.7 Å². The van der Waals surface area contributed by atoms with Gasteiger partial charge in [-0.1, -0.05) is 16.8 Å². The van der Waals surface area contributed by atoms with Crippen LogP contribution in [0, 0.1) is 6.92 Å². The lowest BCUT2D eigenvalue weighted by atomic mass is 10.1. The molecule has 0 fully saturated rings. The van der Waals surface area contributed by atoms with Gasteiger partial charge in [0, 0.05) is 11.9 Å². The third-order valence-corrected chi connectivity index (χ3v) is 2.59. The number of carbonyl (C=O) groups excluding carboxylic acids is 1. The largest absolute Gasteiger partial charge is 0.345 e. The van der Waals surface area contributed by atoms with Gasteiger partial charge in [-0.3, -0.25) is 10.6 Å². The number of hydrogen-bond donors (Lipinski definition) is 3. The molecule has 0 aliphatic heterocycles. The fourth-order valence-electron chi connectivity index (χ4n) is 1.50. The number of nitrogen functional groups attached to an aromatic ring is 1. The lowest BCUT2D eigenvalue weighted by molar-refractivity contribution is 0.0950. The number of hydrogen-bond acceptors (Lipinski definition) is 6. The Bertz CT molecular complexity index is 599. The van der Waals surface area contributed by atoms with Crippen molar-refractivity contribution in [3.05, 3.63) is 40.5 Å². The van der Waals surface area contributed by atoms with E-state index in [1.165, 1.54) is 6.07 Å². The van der Waals surface area contributed by atoms with Crippen molar-refractivity contribution < 1.29 is 9.32 Å². The predicted molar refractivity (Wildman–Crippen MR) is 69.5 cm³/mol. The summed E-state index contributed by atoms with van der Waals surface area (Å²) >= 11 is 5.85. The Hall–Kier alpha value is -2.12. The molecule has 100 valence electrons. The van der Waals surface area contributed by atoms with E-state index in [-0.39, 0.29) is 12.5 Å². The van der Waals surface area contributed by atoms with E-state index >= 15 is 0 Å². The number of hydrazine groups is 1. The summed E-state index contributed by atoms with van der Waals surface area (Å²) in [5, 5.41) is 6.77. The molecule has 0 aliphatic carbocycles. The van der Waals surface area contributed by atoms with Gasteiger partial charge < -0.3 is 15.3 Å². The summed E-state index contributed by atoms with van der Waals surface area (Å²) < 4.78 is 4.80. The SMILES string of the molecule is Cc1nc(CNC(=O)c2cc(Cl)ccc2NN)no1. The molecule has 2 rings (SSSR count). The maximum atomic E-state index is 12.0. The molecule has 19 heavy (non-hydrogen) atoms. The van der Waals surface area contributed by atoms with Crippen LogP contribution in [0.2, 0.25) is 5.02 Å². The highest BCUT2D eigenvalue weighted by atomic mass is 35.5. The highest BCUT2D eigenvalue weighted by Gasteiger charge is 2.12. The normalized spacial score (nSPS) is 10.3. The number of anilines is 1. The molecule has 1 heterocycles. The van der Waals surface area contributed by atoms with Crippen molar-refractivity contribution in [1.29, 1.82) is 0 Å². The first kappa shape index (κ1) is 13.3. The summed E-state index contributed by atoms with van der Waals surface area (Å²) in [5.41, 5.74) is 3.26. The Morgan fingerprint density at radius 2 is 2.32 bits per heavy atom. The summed E-state index contributed by atoms with van der Waals surface area (Å²) in [4.78, 5) is 16.0. The van der Waals surface area contributed by atoms with Gasteiger partial charge in [-0.2, -0.15) is 4.98 Å². The number of nitrogens with one attached hydrogen (secondary N) is 2. The fraction of sp³-hybridized carbons (Fsp3) is 0.182. The molecule has 8 heteroatoms. The van der Waals surface area contributed by atoms with Gasteiger partial charge in [0.2, 0.25) is 5.89 Å². The molecular weight excluding hydrogens is 270 g/mol. The van der Waals surface area contributed by atoms with Crippen LogP contribution in [0.4, 0.5) is 5.69 Å². The van der Waals surface area contributed by atoms with E-state index in [4.69, 9.17) is 22.0 Å². The molecule has 4 N–H and O–H groups in total. The molecule has 0 aliphatic rings. The maximum absolute atomic E-state index is 12.0. The van der Waals surface area contributed by atoms with Crippen LogP contribution in [0.1, 0.15) is 22.1 Å². The second-order valence-corrected chi connectivity index (χ2v) is 4.18. The zero-order chi connectivity index (χ0) is 13.8. The highest BCUT2D eigenvalue weighted by Crippen LogP contribution is 2.19. The number of benzene rings is 1. The number of nitrogens with zero attached hydrogens (tertiary/aromatic N) is 2. The summed E-state index contributed by atoms with van der Waals surface area (Å²) in [6.07, 6.45) is 0. The van der Waals surface area contributed by atoms with E-state index < -0.39 is 0 Å². The fourth-order valence-corrected chi connectivity index (χ4v) is 1.67. The van der Waals surface area contributed by atoms with E-state index in [2.05, 4.69) is 20.9 Å². The van der Waals surface area contributed by atoms with Gasteiger partial charge in [-0.15, -0.1) is 0 Å². The molecule has 1 aromatic carbocycles. The number of rotatable bonds is 4. The minimum Gasteiger partial charge on any atom is -0.345 e. The molecule has 0 radical (unpaired) electrons. The van der Waals surface area contributed by atoms with Crippen molar-refractivity contribution >= 4 is 23.2 Å². The van der Waals surface area contributed by atoms with E-state index in [9.17, 15) is 4.79 Å². The first-order valence-electron chi connectivity index (χ1n) is 5.43. The maximum Gasteiger partial charge on any atom is 0.253 e. The van der Waals surface area contributed by atoms with Gasteiger partial charge in [0.1, 0.15) is 0 Å². The third-order valence-electron chi connectivity index (χ3n) is 2.36. The predicted octanol–water partition coefficient (Wildman–Crippen LogP) is 1.25. The summed E-state index contributed by atoms with van der Waals surface area (Å²) in [7, 11) is 0. The second-order valence-electron chi connectivity index (χ2n) is 3.75. The van der Waals surface area contributed by atoms with Crippen molar-refractivity contribution in [2.45, 2.75) is 13.5 Å². The number of nitrogens with two attached hydrogens (primary N) is 1. The lowest BCUT2D eigenvalue weighted by Crippen LogP contribution is -2.25. The van der Waals surface area contributed by atoms with Crippen molar-refractivity contribution in [2.75, 3.05) is 5.43 Å². The van der Waals surface area contributed by atoms with Crippen LogP contribution in [-0.4, -0.2) is 16.0 Å². The first-order chi connectivity index (χ1) is 9.10. The molecule has 0 unspecified atom stereocenters. The van der Waals surface area contributed by atoms with Crippen molar-refractivity contribution in [2.24, 2.45) is 5.84 Å². The topological polar surface area (TPSA) is 106 Å². The molecule has 0 bridgehead atoms. The van der Waals surface area contributed by atoms with E-state index in [1.54, 1.807) is 19.1 Å². The van der Waals surface area contributed by atoms with Gasteiger partial charge in [0.05, 0.1) is 17.8 Å². The average Bonchev–Trinajstić information content (AvgIpc) is 2.81. The zero-order valence-electron chi connectivity index (χ0n) is 10.1. The molecule has 7 nitrogen and oxygen atoms in total. The summed E-state index contributed by atoms with van der Waals surface area (Å²) in [5.74, 6) is 5.84. The van der Waals surface area contributed by atoms with Crippen molar-refractivity contribution in [3.63, 3.8) is 0 Å². The number of amides is 1. The monoisotopic (exact) mass is 281 g/mol. The standard InChI is InChI=1S/C11H12ClN5O2/c1-6-15-10(17-19-6)5-14-11(18)8-4-7(12)2-3-9(8)16-13/h2-4,16H,5,13H2,1H3,(H,14,18). The number of carbonyl (C=O) groups is 1. The molecule has 1 aromatic heterocycles. The van der Waals surface area contributed by atoms with Crippen LogP contribution in [-0.2, 0) is 6.54 Å². The van der Waals surface area contributed by atoms with Gasteiger partial charge >= 0.3 is 0 Å². The molecule has 0 saturated carbocycles. The van der Waals surface area contributed by atoms with Gasteiger partial charge in [0.15, 0.2) is 5.82 Å². The van der Waals surface area contributed by atoms with Crippen LogP contribution < -0.4 is 16.6 Å². The first-order valence-corrected chi connectivity index (χ1v) is 5.81. The Labute approximate surface area is 114 Å². The number of aryl methyl sites for hydroxylation is 1. The van der Waals surface area contributed by atoms with Crippen molar-refractivity contribution in [3.8, 4) is 0 Å². The Morgan fingerprint density at radius 1 is 1.53 bits per heavy atom. The van der Waals surface area contributed by atoms with Crippen LogP contribution >= 0.6 is 11.6 Å². The molecule has 0 saturated heterocycles. The van der Waals surface area contributed by atoms with E-state index in [0.29, 0.717) is 28.0 Å². The van der Waals surface area contributed by atoms with Crippen LogP contribution in [0.3, 0.4) is 0 Å². The smallest absolute Gasteiger partial charge is 0.253 e. The van der Waals surface area contributed by atoms with Crippen LogP contribution in [0.5, 0.6) is 0 Å². The summed E-state index contributed by atoms with van der Waals surface area (Å²) in [6, 6.07) is 4.78. The van der Waals surface area contributed by atoms with E-state index in [1.807, 2.05) is 0 Å². The third kappa shape index (κ3) is 3.21. The van der Waals surface area contributed by atoms with E-state index in [0.717, 1.165) is 0 Å². The van der Waals surface area contributed by atoms with Crippen molar-refractivity contribution in [1.82, 2.24) is 15.5 Å². The Balaban J connectivity index is 2.09. The molecule has 0 spiro atoms. The molecule has 1 amide bonds. The Morgan fingerprint density at radius 3 is 2.95 bits per heavy atom.